The molecule has 0 saturated carbocycles. The lowest BCUT2D eigenvalue weighted by atomic mass is 10.0. The van der Waals surface area contributed by atoms with Gasteiger partial charge in [-0.15, -0.1) is 0 Å². The van der Waals surface area contributed by atoms with Crippen LogP contribution in [0.5, 0.6) is 0 Å². The smallest absolute Gasteiger partial charge is 0.187 e. The van der Waals surface area contributed by atoms with Crippen LogP contribution in [0.2, 0.25) is 0 Å². The lowest BCUT2D eigenvalue weighted by molar-refractivity contribution is -0.131. The Morgan fingerprint density at radius 3 is 2.60 bits per heavy atom. The molecule has 0 radical (unpaired) electrons. The first-order valence-electron chi connectivity index (χ1n) is 3.06. The third-order valence-corrected chi connectivity index (χ3v) is 1.83. The molecule has 0 unspecified atom stereocenters. The molecule has 0 aromatic rings. The van der Waals surface area contributed by atoms with Crippen molar-refractivity contribution >= 4 is 5.78 Å². The van der Waals surface area contributed by atoms with Crippen LogP contribution in [0.4, 0.5) is 0 Å². The Bertz CT molecular complexity index is 185. The van der Waals surface area contributed by atoms with E-state index in [1.807, 2.05) is 0 Å². The van der Waals surface area contributed by atoms with Crippen molar-refractivity contribution in [2.24, 2.45) is 0 Å². The molecule has 3 heteroatoms. The first-order valence-corrected chi connectivity index (χ1v) is 3.06. The standard InChI is InChI=1S/C7H10O3/c1-7(10-2)4-3-5(8)6(7)9/h3-4,6,9H,1-2H3/t6-,7+/m0/s1. The van der Waals surface area contributed by atoms with Crippen LogP contribution >= 0.6 is 0 Å². The highest BCUT2D eigenvalue weighted by atomic mass is 16.5. The molecule has 10 heavy (non-hydrogen) atoms. The summed E-state index contributed by atoms with van der Waals surface area (Å²) in [7, 11) is 1.46. The Labute approximate surface area is 59.3 Å². The third kappa shape index (κ3) is 0.874. The fourth-order valence-electron chi connectivity index (χ4n) is 0.892. The number of rotatable bonds is 1. The summed E-state index contributed by atoms with van der Waals surface area (Å²) in [6.45, 7) is 1.67. The second kappa shape index (κ2) is 2.18. The van der Waals surface area contributed by atoms with Crippen LogP contribution in [0.1, 0.15) is 6.92 Å². The van der Waals surface area contributed by atoms with E-state index in [1.165, 1.54) is 13.2 Å². The maximum absolute atomic E-state index is 10.7. The van der Waals surface area contributed by atoms with Crippen LogP contribution in [-0.2, 0) is 9.53 Å². The van der Waals surface area contributed by atoms with Gasteiger partial charge in [-0.25, -0.2) is 0 Å². The van der Waals surface area contributed by atoms with Gasteiger partial charge in [-0.2, -0.15) is 0 Å². The molecule has 1 rings (SSSR count). The molecule has 0 fully saturated rings. The molecule has 0 aromatic carbocycles. The minimum Gasteiger partial charge on any atom is -0.382 e. The predicted molar refractivity (Wildman–Crippen MR) is 35.6 cm³/mol. The first kappa shape index (κ1) is 7.44. The van der Waals surface area contributed by atoms with E-state index in [-0.39, 0.29) is 5.78 Å². The number of hydrogen-bond acceptors (Lipinski definition) is 3. The van der Waals surface area contributed by atoms with Gasteiger partial charge < -0.3 is 9.84 Å². The fourth-order valence-corrected chi connectivity index (χ4v) is 0.892. The maximum Gasteiger partial charge on any atom is 0.187 e. The van der Waals surface area contributed by atoms with Gasteiger partial charge in [0.15, 0.2) is 5.78 Å². The Hall–Kier alpha value is -0.670. The molecule has 0 spiro atoms. The molecular formula is C7H10O3. The average Bonchev–Trinajstić information content (AvgIpc) is 2.19. The van der Waals surface area contributed by atoms with Gasteiger partial charge in [-0.05, 0) is 19.1 Å². The molecule has 3 nitrogen and oxygen atoms in total. The van der Waals surface area contributed by atoms with E-state index in [2.05, 4.69) is 0 Å². The van der Waals surface area contributed by atoms with Gasteiger partial charge in [0.2, 0.25) is 0 Å². The first-order chi connectivity index (χ1) is 4.60. The van der Waals surface area contributed by atoms with Crippen molar-refractivity contribution < 1.29 is 14.6 Å². The third-order valence-electron chi connectivity index (χ3n) is 1.83. The van der Waals surface area contributed by atoms with Gasteiger partial charge in [0.1, 0.15) is 11.7 Å². The van der Waals surface area contributed by atoms with Gasteiger partial charge in [-0.1, -0.05) is 0 Å². The lowest BCUT2D eigenvalue weighted by Gasteiger charge is -2.23. The largest absolute Gasteiger partial charge is 0.382 e. The number of ketones is 1. The number of aliphatic hydroxyl groups is 1. The number of hydrogen-bond donors (Lipinski definition) is 1. The summed E-state index contributed by atoms with van der Waals surface area (Å²) in [6, 6.07) is 0. The van der Waals surface area contributed by atoms with Gasteiger partial charge in [0.05, 0.1) is 0 Å². The molecule has 0 aromatic heterocycles. The van der Waals surface area contributed by atoms with E-state index in [9.17, 15) is 9.90 Å². The van der Waals surface area contributed by atoms with Crippen LogP contribution in [0.15, 0.2) is 12.2 Å². The van der Waals surface area contributed by atoms with E-state index >= 15 is 0 Å². The fraction of sp³-hybridized carbons (Fsp3) is 0.571. The van der Waals surface area contributed by atoms with Crippen LogP contribution in [0.3, 0.4) is 0 Å². The zero-order valence-electron chi connectivity index (χ0n) is 6.00. The minimum atomic E-state index is -1.03. The molecule has 0 bridgehead atoms. The van der Waals surface area contributed by atoms with E-state index in [0.29, 0.717) is 0 Å². The van der Waals surface area contributed by atoms with Crippen LogP contribution in [0.25, 0.3) is 0 Å². The van der Waals surface area contributed by atoms with Gasteiger partial charge >= 0.3 is 0 Å². The molecule has 2 atom stereocenters. The Morgan fingerprint density at radius 2 is 2.40 bits per heavy atom. The van der Waals surface area contributed by atoms with Crippen molar-refractivity contribution in [1.82, 2.24) is 0 Å². The number of aliphatic hydroxyl groups excluding tert-OH is 1. The summed E-state index contributed by atoms with van der Waals surface area (Å²) in [6.07, 6.45) is 1.88. The van der Waals surface area contributed by atoms with Gasteiger partial charge in [-0.3, -0.25) is 4.79 Å². The van der Waals surface area contributed by atoms with E-state index < -0.39 is 11.7 Å². The summed E-state index contributed by atoms with van der Waals surface area (Å²) >= 11 is 0. The highest BCUT2D eigenvalue weighted by Crippen LogP contribution is 2.23. The molecule has 0 aliphatic heterocycles. The summed E-state index contributed by atoms with van der Waals surface area (Å²) in [4.78, 5) is 10.7. The van der Waals surface area contributed by atoms with Crippen molar-refractivity contribution in [3.8, 4) is 0 Å². The molecule has 0 amide bonds. The Morgan fingerprint density at radius 1 is 1.80 bits per heavy atom. The normalized spacial score (nSPS) is 39.1. The number of ether oxygens (including phenoxy) is 1. The molecule has 1 N–H and O–H groups in total. The van der Waals surface area contributed by atoms with Crippen LogP contribution < -0.4 is 0 Å². The maximum atomic E-state index is 10.7. The second-order valence-electron chi connectivity index (χ2n) is 2.53. The zero-order valence-corrected chi connectivity index (χ0v) is 6.00. The van der Waals surface area contributed by atoms with Crippen LogP contribution in [0, 0.1) is 0 Å². The van der Waals surface area contributed by atoms with E-state index in [0.717, 1.165) is 0 Å². The lowest BCUT2D eigenvalue weighted by Crippen LogP contribution is -2.39. The molecule has 1 aliphatic carbocycles. The summed E-state index contributed by atoms with van der Waals surface area (Å²) < 4.78 is 4.92. The second-order valence-corrected chi connectivity index (χ2v) is 2.53. The van der Waals surface area contributed by atoms with E-state index in [1.54, 1.807) is 13.0 Å². The highest BCUT2D eigenvalue weighted by molar-refractivity contribution is 5.97. The van der Waals surface area contributed by atoms with Crippen LogP contribution in [-0.4, -0.2) is 29.7 Å². The average molecular weight is 142 g/mol. The Balaban J connectivity index is 2.83. The topological polar surface area (TPSA) is 46.5 Å². The molecular weight excluding hydrogens is 132 g/mol. The predicted octanol–water partition coefficient (Wildman–Crippen LogP) is -0.109. The van der Waals surface area contributed by atoms with E-state index in [4.69, 9.17) is 4.74 Å². The molecule has 0 saturated heterocycles. The monoisotopic (exact) mass is 142 g/mol. The summed E-state index contributed by atoms with van der Waals surface area (Å²) in [5.41, 5.74) is -0.808. The van der Waals surface area contributed by atoms with Gasteiger partial charge in [0.25, 0.3) is 0 Å². The van der Waals surface area contributed by atoms with Crippen molar-refractivity contribution in [2.45, 2.75) is 18.6 Å². The summed E-state index contributed by atoms with van der Waals surface area (Å²) in [5, 5.41) is 9.18. The molecule has 1 aliphatic rings. The van der Waals surface area contributed by atoms with Gasteiger partial charge in [0, 0.05) is 7.11 Å². The zero-order chi connectivity index (χ0) is 7.78. The summed E-state index contributed by atoms with van der Waals surface area (Å²) in [5.74, 6) is -0.288. The SMILES string of the molecule is CO[C@]1(C)C=CC(=O)[C@@H]1O. The molecule has 56 valence electrons. The molecule has 0 heterocycles. The number of carbonyl (C=O) groups excluding carboxylic acids is 1. The Kier molecular flexibility index (Phi) is 1.62. The van der Waals surface area contributed by atoms with Crippen molar-refractivity contribution in [2.75, 3.05) is 7.11 Å². The quantitative estimate of drug-likeness (QED) is 0.555. The number of methoxy groups -OCH3 is 1. The van der Waals surface area contributed by atoms with Crippen molar-refractivity contribution in [3.63, 3.8) is 0 Å². The highest BCUT2D eigenvalue weighted by Gasteiger charge is 2.39. The van der Waals surface area contributed by atoms with Crippen molar-refractivity contribution in [1.29, 1.82) is 0 Å². The minimum absolute atomic E-state index is 0.288. The van der Waals surface area contributed by atoms with Crippen molar-refractivity contribution in [3.05, 3.63) is 12.2 Å². The number of carbonyl (C=O) groups is 1.